The van der Waals surface area contributed by atoms with E-state index < -0.39 is 0 Å². The van der Waals surface area contributed by atoms with Gasteiger partial charge in [-0.1, -0.05) is 19.1 Å². The van der Waals surface area contributed by atoms with Crippen molar-refractivity contribution in [3.8, 4) is 0 Å². The lowest BCUT2D eigenvalue weighted by molar-refractivity contribution is -0.117. The summed E-state index contributed by atoms with van der Waals surface area (Å²) in [6, 6.07) is 5.65. The van der Waals surface area contributed by atoms with Crippen molar-refractivity contribution in [3.63, 3.8) is 0 Å². The minimum absolute atomic E-state index is 0.0307. The Kier molecular flexibility index (Phi) is 4.43. The summed E-state index contributed by atoms with van der Waals surface area (Å²) in [5.41, 5.74) is 2.25. The molecule has 1 aromatic rings. The first kappa shape index (κ1) is 15.4. The third kappa shape index (κ3) is 3.14. The number of rotatable bonds is 3. The first-order valence-corrected chi connectivity index (χ1v) is 9.01. The Morgan fingerprint density at radius 3 is 2.59 bits per heavy atom. The van der Waals surface area contributed by atoms with Crippen LogP contribution in [0.1, 0.15) is 29.3 Å². The van der Waals surface area contributed by atoms with E-state index in [1.54, 1.807) is 0 Å². The molecule has 118 valence electrons. The van der Waals surface area contributed by atoms with Gasteiger partial charge in [0.15, 0.2) is 0 Å². The number of carbonyl (C=O) groups is 2. The van der Waals surface area contributed by atoms with Crippen LogP contribution in [0.2, 0.25) is 0 Å². The molecule has 4 nitrogen and oxygen atoms in total. The minimum atomic E-state index is 0.0307. The molecule has 0 radical (unpaired) electrons. The zero-order valence-corrected chi connectivity index (χ0v) is 13.9. The van der Waals surface area contributed by atoms with Gasteiger partial charge in [-0.25, -0.2) is 0 Å². The number of nitrogens with one attached hydrogen (secondary N) is 1. The van der Waals surface area contributed by atoms with E-state index in [1.807, 2.05) is 41.8 Å². The van der Waals surface area contributed by atoms with E-state index in [0.29, 0.717) is 17.2 Å². The molecule has 1 aromatic carbocycles. The standard InChI is InChI=1S/C17H22N2O2S/c1-11-4-3-5-13(17(21)19-6-8-22-9-7-19)15(11)18-16(20)14-10-12(14)2/h3-5,12,14H,6-10H2,1-2H3,(H,18,20)/t12-,14+/m1/s1. The molecule has 0 unspecified atom stereocenters. The third-order valence-electron chi connectivity index (χ3n) is 4.50. The zero-order valence-electron chi connectivity index (χ0n) is 13.1. The minimum Gasteiger partial charge on any atom is -0.337 e. The van der Waals surface area contributed by atoms with Gasteiger partial charge in [-0.15, -0.1) is 0 Å². The maximum Gasteiger partial charge on any atom is 0.256 e. The number of hydrogen-bond acceptors (Lipinski definition) is 3. The molecule has 1 aliphatic carbocycles. The lowest BCUT2D eigenvalue weighted by Crippen LogP contribution is -2.38. The molecular weight excluding hydrogens is 296 g/mol. The quantitative estimate of drug-likeness (QED) is 0.932. The van der Waals surface area contributed by atoms with E-state index in [9.17, 15) is 9.59 Å². The highest BCUT2D eigenvalue weighted by atomic mass is 32.2. The number of anilines is 1. The molecule has 0 spiro atoms. The maximum absolute atomic E-state index is 12.8. The van der Waals surface area contributed by atoms with Crippen LogP contribution in [0, 0.1) is 18.8 Å². The second-order valence-corrected chi connectivity index (χ2v) is 7.44. The molecule has 22 heavy (non-hydrogen) atoms. The lowest BCUT2D eigenvalue weighted by Gasteiger charge is -2.27. The smallest absolute Gasteiger partial charge is 0.256 e. The van der Waals surface area contributed by atoms with Gasteiger partial charge in [-0.2, -0.15) is 11.8 Å². The first-order chi connectivity index (χ1) is 10.6. The van der Waals surface area contributed by atoms with Crippen molar-refractivity contribution in [2.24, 2.45) is 11.8 Å². The Morgan fingerprint density at radius 2 is 1.95 bits per heavy atom. The summed E-state index contributed by atoms with van der Waals surface area (Å²) in [5, 5.41) is 3.00. The number of carbonyl (C=O) groups excluding carboxylic acids is 2. The molecule has 2 atom stereocenters. The lowest BCUT2D eigenvalue weighted by atomic mass is 10.1. The van der Waals surface area contributed by atoms with Crippen molar-refractivity contribution in [1.82, 2.24) is 4.90 Å². The van der Waals surface area contributed by atoms with Gasteiger partial charge in [-0.05, 0) is 30.9 Å². The van der Waals surface area contributed by atoms with Crippen LogP contribution in [0.3, 0.4) is 0 Å². The van der Waals surface area contributed by atoms with Crippen molar-refractivity contribution < 1.29 is 9.59 Å². The predicted molar refractivity (Wildman–Crippen MR) is 90.3 cm³/mol. The summed E-state index contributed by atoms with van der Waals surface area (Å²) in [5.74, 6) is 2.61. The molecule has 1 heterocycles. The molecule has 5 heteroatoms. The number of para-hydroxylation sites is 1. The molecule has 0 aromatic heterocycles. The number of benzene rings is 1. The molecule has 1 N–H and O–H groups in total. The van der Waals surface area contributed by atoms with Gasteiger partial charge < -0.3 is 10.2 Å². The number of hydrogen-bond donors (Lipinski definition) is 1. The van der Waals surface area contributed by atoms with Gasteiger partial charge >= 0.3 is 0 Å². The Hall–Kier alpha value is -1.49. The van der Waals surface area contributed by atoms with E-state index in [4.69, 9.17) is 0 Å². The van der Waals surface area contributed by atoms with Crippen LogP contribution in [-0.4, -0.2) is 41.3 Å². The average molecular weight is 318 g/mol. The SMILES string of the molecule is Cc1cccc(C(=O)N2CCSCC2)c1NC(=O)[C@H]1C[C@H]1C. The largest absolute Gasteiger partial charge is 0.337 e. The van der Waals surface area contributed by atoms with Gasteiger partial charge in [0.25, 0.3) is 5.91 Å². The van der Waals surface area contributed by atoms with Crippen molar-refractivity contribution in [2.45, 2.75) is 20.3 Å². The number of aryl methyl sites for hydroxylation is 1. The van der Waals surface area contributed by atoms with Crippen LogP contribution in [0.25, 0.3) is 0 Å². The van der Waals surface area contributed by atoms with Crippen LogP contribution in [-0.2, 0) is 4.79 Å². The van der Waals surface area contributed by atoms with E-state index in [0.717, 1.165) is 36.6 Å². The second-order valence-electron chi connectivity index (χ2n) is 6.21. The molecule has 2 amide bonds. The van der Waals surface area contributed by atoms with Crippen LogP contribution in [0.4, 0.5) is 5.69 Å². The molecule has 1 aliphatic heterocycles. The molecule has 1 saturated heterocycles. The summed E-state index contributed by atoms with van der Waals surface area (Å²) in [6.07, 6.45) is 0.949. The maximum atomic E-state index is 12.8. The molecular formula is C17H22N2O2S. The molecule has 2 aliphatic rings. The van der Waals surface area contributed by atoms with Crippen LogP contribution < -0.4 is 5.32 Å². The Labute approximate surface area is 135 Å². The van der Waals surface area contributed by atoms with Crippen molar-refractivity contribution in [2.75, 3.05) is 29.9 Å². The fourth-order valence-electron chi connectivity index (χ4n) is 2.85. The summed E-state index contributed by atoms with van der Waals surface area (Å²) in [6.45, 7) is 5.59. The fourth-order valence-corrected chi connectivity index (χ4v) is 3.76. The molecule has 3 rings (SSSR count). The normalized spacial score (nSPS) is 24.0. The van der Waals surface area contributed by atoms with Crippen LogP contribution >= 0.6 is 11.8 Å². The van der Waals surface area contributed by atoms with Gasteiger partial charge in [0, 0.05) is 30.5 Å². The topological polar surface area (TPSA) is 49.4 Å². The van der Waals surface area contributed by atoms with Crippen molar-refractivity contribution in [3.05, 3.63) is 29.3 Å². The highest BCUT2D eigenvalue weighted by Crippen LogP contribution is 2.39. The third-order valence-corrected chi connectivity index (χ3v) is 5.44. The highest BCUT2D eigenvalue weighted by Gasteiger charge is 2.39. The van der Waals surface area contributed by atoms with Crippen LogP contribution in [0.5, 0.6) is 0 Å². The van der Waals surface area contributed by atoms with Gasteiger partial charge in [0.2, 0.25) is 5.91 Å². The van der Waals surface area contributed by atoms with Gasteiger partial charge in [-0.3, -0.25) is 9.59 Å². The molecule has 2 fully saturated rings. The Bertz CT molecular complexity index is 596. The van der Waals surface area contributed by atoms with E-state index in [-0.39, 0.29) is 17.7 Å². The number of nitrogens with zero attached hydrogens (tertiary/aromatic N) is 1. The van der Waals surface area contributed by atoms with Gasteiger partial charge in [0.1, 0.15) is 0 Å². The monoisotopic (exact) mass is 318 g/mol. The average Bonchev–Trinajstić information content (AvgIpc) is 3.26. The van der Waals surface area contributed by atoms with Crippen molar-refractivity contribution in [1.29, 1.82) is 0 Å². The summed E-state index contributed by atoms with van der Waals surface area (Å²) < 4.78 is 0. The fraction of sp³-hybridized carbons (Fsp3) is 0.529. The first-order valence-electron chi connectivity index (χ1n) is 7.85. The van der Waals surface area contributed by atoms with E-state index in [2.05, 4.69) is 12.2 Å². The Morgan fingerprint density at radius 1 is 1.27 bits per heavy atom. The number of thioether (sulfide) groups is 1. The second kappa shape index (κ2) is 6.32. The molecule has 0 bridgehead atoms. The molecule has 1 saturated carbocycles. The summed E-state index contributed by atoms with van der Waals surface area (Å²) in [4.78, 5) is 26.9. The highest BCUT2D eigenvalue weighted by molar-refractivity contribution is 7.99. The van der Waals surface area contributed by atoms with Crippen LogP contribution in [0.15, 0.2) is 18.2 Å². The Balaban J connectivity index is 1.82. The summed E-state index contributed by atoms with van der Waals surface area (Å²) >= 11 is 1.88. The van der Waals surface area contributed by atoms with E-state index >= 15 is 0 Å². The van der Waals surface area contributed by atoms with Crippen molar-refractivity contribution >= 4 is 29.3 Å². The number of amides is 2. The zero-order chi connectivity index (χ0) is 15.7. The predicted octanol–water partition coefficient (Wildman–Crippen LogP) is 2.78. The summed E-state index contributed by atoms with van der Waals surface area (Å²) in [7, 11) is 0. The van der Waals surface area contributed by atoms with Gasteiger partial charge in [0.05, 0.1) is 11.3 Å². The van der Waals surface area contributed by atoms with E-state index in [1.165, 1.54) is 0 Å².